The van der Waals surface area contributed by atoms with Gasteiger partial charge in [0.1, 0.15) is 0 Å². The fraction of sp³-hybridized carbons (Fsp3) is 1.00. The standard InChI is InChI=1S/C11H24O3/c1-5-6-9(2)14-11(4)8-13-10(3)7-12/h9-12H,5-8H2,1-4H3. The molecule has 3 atom stereocenters. The topological polar surface area (TPSA) is 38.7 Å². The molecule has 0 aromatic rings. The molecule has 0 heterocycles. The van der Waals surface area contributed by atoms with E-state index < -0.39 is 0 Å². The summed E-state index contributed by atoms with van der Waals surface area (Å²) in [5.74, 6) is 0. The lowest BCUT2D eigenvalue weighted by molar-refractivity contribution is -0.0693. The number of hydrogen-bond acceptors (Lipinski definition) is 3. The Bertz CT molecular complexity index is 128. The Kier molecular flexibility index (Phi) is 8.14. The third-order valence-corrected chi connectivity index (χ3v) is 2.03. The highest BCUT2D eigenvalue weighted by atomic mass is 16.5. The zero-order valence-electron chi connectivity index (χ0n) is 9.82. The number of aliphatic hydroxyl groups is 1. The van der Waals surface area contributed by atoms with Crippen LogP contribution in [-0.2, 0) is 9.47 Å². The van der Waals surface area contributed by atoms with E-state index in [9.17, 15) is 0 Å². The molecular formula is C11H24O3. The van der Waals surface area contributed by atoms with Gasteiger partial charge in [-0.3, -0.25) is 0 Å². The number of rotatable bonds is 8. The summed E-state index contributed by atoms with van der Waals surface area (Å²) in [6, 6.07) is 0. The molecule has 3 nitrogen and oxygen atoms in total. The average Bonchev–Trinajstić information content (AvgIpc) is 2.14. The van der Waals surface area contributed by atoms with Gasteiger partial charge in [0.15, 0.2) is 0 Å². The van der Waals surface area contributed by atoms with Crippen LogP contribution in [0, 0.1) is 0 Å². The van der Waals surface area contributed by atoms with Crippen molar-refractivity contribution < 1.29 is 14.6 Å². The number of hydrogen-bond donors (Lipinski definition) is 1. The van der Waals surface area contributed by atoms with Crippen molar-refractivity contribution in [3.8, 4) is 0 Å². The molecule has 0 saturated heterocycles. The van der Waals surface area contributed by atoms with Gasteiger partial charge < -0.3 is 14.6 Å². The maximum atomic E-state index is 8.75. The van der Waals surface area contributed by atoms with E-state index in [0.29, 0.717) is 12.7 Å². The SMILES string of the molecule is CCCC(C)OC(C)COC(C)CO. The molecule has 3 heteroatoms. The van der Waals surface area contributed by atoms with E-state index in [4.69, 9.17) is 14.6 Å². The second-order valence-corrected chi connectivity index (χ2v) is 3.87. The van der Waals surface area contributed by atoms with Gasteiger partial charge in [-0.25, -0.2) is 0 Å². The zero-order chi connectivity index (χ0) is 11.0. The van der Waals surface area contributed by atoms with Crippen LogP contribution in [0.4, 0.5) is 0 Å². The van der Waals surface area contributed by atoms with Gasteiger partial charge in [-0.2, -0.15) is 0 Å². The maximum absolute atomic E-state index is 8.75. The predicted octanol–water partition coefficient (Wildman–Crippen LogP) is 1.98. The Morgan fingerprint density at radius 1 is 1.07 bits per heavy atom. The molecule has 0 fully saturated rings. The zero-order valence-corrected chi connectivity index (χ0v) is 9.82. The smallest absolute Gasteiger partial charge is 0.0784 e. The first-order chi connectivity index (χ1) is 6.60. The minimum absolute atomic E-state index is 0.0667. The molecule has 0 amide bonds. The monoisotopic (exact) mass is 204 g/mol. The summed E-state index contributed by atoms with van der Waals surface area (Å²) in [5.41, 5.74) is 0. The second kappa shape index (κ2) is 8.21. The van der Waals surface area contributed by atoms with Crippen LogP contribution in [0.2, 0.25) is 0 Å². The lowest BCUT2D eigenvalue weighted by Gasteiger charge is -2.20. The normalized spacial score (nSPS) is 17.8. The van der Waals surface area contributed by atoms with Crippen LogP contribution in [0.5, 0.6) is 0 Å². The van der Waals surface area contributed by atoms with Crippen molar-refractivity contribution in [2.24, 2.45) is 0 Å². The lowest BCUT2D eigenvalue weighted by atomic mass is 10.2. The molecule has 0 spiro atoms. The van der Waals surface area contributed by atoms with Gasteiger partial charge in [0, 0.05) is 0 Å². The highest BCUT2D eigenvalue weighted by Gasteiger charge is 2.09. The number of aliphatic hydroxyl groups excluding tert-OH is 1. The van der Waals surface area contributed by atoms with Gasteiger partial charge in [-0.05, 0) is 27.2 Å². The van der Waals surface area contributed by atoms with E-state index in [1.165, 1.54) is 0 Å². The van der Waals surface area contributed by atoms with E-state index >= 15 is 0 Å². The first-order valence-corrected chi connectivity index (χ1v) is 5.48. The van der Waals surface area contributed by atoms with Crippen LogP contribution in [-0.4, -0.2) is 36.6 Å². The largest absolute Gasteiger partial charge is 0.394 e. The molecule has 0 aliphatic heterocycles. The van der Waals surface area contributed by atoms with Crippen molar-refractivity contribution in [2.75, 3.05) is 13.2 Å². The van der Waals surface area contributed by atoms with Crippen LogP contribution < -0.4 is 0 Å². The molecule has 1 N–H and O–H groups in total. The van der Waals surface area contributed by atoms with Crippen molar-refractivity contribution in [1.29, 1.82) is 0 Å². The van der Waals surface area contributed by atoms with Gasteiger partial charge in [-0.15, -0.1) is 0 Å². The van der Waals surface area contributed by atoms with Crippen molar-refractivity contribution in [3.05, 3.63) is 0 Å². The highest BCUT2D eigenvalue weighted by Crippen LogP contribution is 2.05. The van der Waals surface area contributed by atoms with Gasteiger partial charge in [0.2, 0.25) is 0 Å². The molecule has 0 saturated carbocycles. The molecule has 0 radical (unpaired) electrons. The molecule has 0 aliphatic rings. The quantitative estimate of drug-likeness (QED) is 0.657. The summed E-state index contributed by atoms with van der Waals surface area (Å²) in [5, 5.41) is 8.75. The van der Waals surface area contributed by atoms with Crippen molar-refractivity contribution >= 4 is 0 Å². The van der Waals surface area contributed by atoms with Gasteiger partial charge in [0.05, 0.1) is 31.5 Å². The summed E-state index contributed by atoms with van der Waals surface area (Å²) in [6.07, 6.45) is 2.53. The fourth-order valence-corrected chi connectivity index (χ4v) is 1.26. The molecule has 86 valence electrons. The van der Waals surface area contributed by atoms with E-state index in [0.717, 1.165) is 12.8 Å². The van der Waals surface area contributed by atoms with Gasteiger partial charge in [0.25, 0.3) is 0 Å². The number of ether oxygens (including phenoxy) is 2. The summed E-state index contributed by atoms with van der Waals surface area (Å²) in [6.45, 7) is 8.69. The Labute approximate surface area is 87.4 Å². The third kappa shape index (κ3) is 7.30. The van der Waals surface area contributed by atoms with Crippen molar-refractivity contribution in [1.82, 2.24) is 0 Å². The second-order valence-electron chi connectivity index (χ2n) is 3.87. The Hall–Kier alpha value is -0.120. The van der Waals surface area contributed by atoms with Crippen LogP contribution in [0.25, 0.3) is 0 Å². The predicted molar refractivity (Wildman–Crippen MR) is 57.4 cm³/mol. The Balaban J connectivity index is 3.49. The van der Waals surface area contributed by atoms with E-state index in [-0.39, 0.29) is 18.8 Å². The van der Waals surface area contributed by atoms with E-state index in [2.05, 4.69) is 13.8 Å². The summed E-state index contributed by atoms with van der Waals surface area (Å²) in [7, 11) is 0. The highest BCUT2D eigenvalue weighted by molar-refractivity contribution is 4.55. The molecule has 0 rings (SSSR count). The van der Waals surface area contributed by atoms with E-state index in [1.54, 1.807) is 0 Å². The minimum Gasteiger partial charge on any atom is -0.394 e. The van der Waals surface area contributed by atoms with Gasteiger partial charge in [-0.1, -0.05) is 13.3 Å². The van der Waals surface area contributed by atoms with Crippen molar-refractivity contribution in [2.45, 2.75) is 58.8 Å². The fourth-order valence-electron chi connectivity index (χ4n) is 1.26. The van der Waals surface area contributed by atoms with Crippen LogP contribution in [0.3, 0.4) is 0 Å². The van der Waals surface area contributed by atoms with E-state index in [1.807, 2.05) is 13.8 Å². The van der Waals surface area contributed by atoms with Crippen LogP contribution in [0.1, 0.15) is 40.5 Å². The summed E-state index contributed by atoms with van der Waals surface area (Å²) >= 11 is 0. The molecule has 0 aliphatic carbocycles. The summed E-state index contributed by atoms with van der Waals surface area (Å²) in [4.78, 5) is 0. The molecule has 14 heavy (non-hydrogen) atoms. The molecular weight excluding hydrogens is 180 g/mol. The molecule has 3 unspecified atom stereocenters. The van der Waals surface area contributed by atoms with Gasteiger partial charge >= 0.3 is 0 Å². The molecule has 0 aromatic heterocycles. The Morgan fingerprint density at radius 2 is 1.71 bits per heavy atom. The first-order valence-electron chi connectivity index (χ1n) is 5.48. The molecule has 0 bridgehead atoms. The Morgan fingerprint density at radius 3 is 2.21 bits per heavy atom. The average molecular weight is 204 g/mol. The maximum Gasteiger partial charge on any atom is 0.0784 e. The van der Waals surface area contributed by atoms with Crippen LogP contribution in [0.15, 0.2) is 0 Å². The van der Waals surface area contributed by atoms with Crippen molar-refractivity contribution in [3.63, 3.8) is 0 Å². The first kappa shape index (κ1) is 13.9. The lowest BCUT2D eigenvalue weighted by Crippen LogP contribution is -2.25. The third-order valence-electron chi connectivity index (χ3n) is 2.03. The summed E-state index contributed by atoms with van der Waals surface area (Å²) < 4.78 is 11.0. The molecule has 0 aromatic carbocycles. The minimum atomic E-state index is -0.0949. The van der Waals surface area contributed by atoms with Crippen LogP contribution >= 0.6 is 0 Å².